The van der Waals surface area contributed by atoms with Gasteiger partial charge in [0.2, 0.25) is 0 Å². The molecule has 0 aromatic heterocycles. The van der Waals surface area contributed by atoms with Gasteiger partial charge in [-0.1, -0.05) is 253 Å². The van der Waals surface area contributed by atoms with Gasteiger partial charge in [-0.15, -0.1) is 0 Å². The van der Waals surface area contributed by atoms with E-state index in [1.807, 2.05) is 0 Å². The highest BCUT2D eigenvalue weighted by molar-refractivity contribution is 5.71. The van der Waals surface area contributed by atoms with Gasteiger partial charge >= 0.3 is 17.9 Å². The molecule has 0 aliphatic heterocycles. The first-order valence-electron chi connectivity index (χ1n) is 29.2. The molecule has 0 heterocycles. The number of esters is 3. The summed E-state index contributed by atoms with van der Waals surface area (Å²) in [6, 6.07) is 0. The standard InChI is InChI=1S/C64H108O6/c1-4-7-10-13-16-19-22-25-27-29-30-31-32-33-34-36-37-39-42-45-48-51-54-57-63(66)69-60-61(59-68-62(65)56-53-50-47-44-41-24-21-18-15-12-9-6-3)70-64(67)58-55-52-49-46-43-40-38-35-28-26-23-20-17-14-11-8-5-2/h7-8,10-11,16-17,19-20,25-28,30-31,38,40,61H,4-6,9,12-15,18,21-24,29,32-37,39,41-60H2,1-3H3/b10-7-,11-8-,19-16-,20-17-,27-25-,28-26-,31-30-,40-38-. The summed E-state index contributed by atoms with van der Waals surface area (Å²) in [5.41, 5.74) is 0. The maximum absolute atomic E-state index is 12.9. The molecule has 0 amide bonds. The number of carbonyl (C=O) groups excluding carboxylic acids is 3. The molecular formula is C64H108O6. The van der Waals surface area contributed by atoms with Crippen molar-refractivity contribution >= 4 is 17.9 Å². The summed E-state index contributed by atoms with van der Waals surface area (Å²) in [5.74, 6) is -0.910. The first-order chi connectivity index (χ1) is 34.5. The Bertz CT molecular complexity index is 1400. The first-order valence-corrected chi connectivity index (χ1v) is 29.2. The lowest BCUT2D eigenvalue weighted by Crippen LogP contribution is -2.30. The van der Waals surface area contributed by atoms with Crippen molar-refractivity contribution in [3.8, 4) is 0 Å². The predicted octanol–water partition coefficient (Wildman–Crippen LogP) is 19.7. The summed E-state index contributed by atoms with van der Waals surface area (Å²) in [7, 11) is 0. The molecule has 0 aromatic carbocycles. The van der Waals surface area contributed by atoms with E-state index >= 15 is 0 Å². The minimum atomic E-state index is -0.791. The van der Waals surface area contributed by atoms with Crippen LogP contribution in [0.3, 0.4) is 0 Å². The minimum absolute atomic E-state index is 0.0870. The third-order valence-electron chi connectivity index (χ3n) is 12.3. The molecule has 0 saturated heterocycles. The second-order valence-corrected chi connectivity index (χ2v) is 19.1. The second kappa shape index (κ2) is 57.9. The highest BCUT2D eigenvalue weighted by Gasteiger charge is 2.19. The van der Waals surface area contributed by atoms with Crippen molar-refractivity contribution in [2.45, 2.75) is 277 Å². The van der Waals surface area contributed by atoms with Gasteiger partial charge in [0, 0.05) is 19.3 Å². The van der Waals surface area contributed by atoms with Crippen LogP contribution in [0, 0.1) is 0 Å². The summed E-state index contributed by atoms with van der Waals surface area (Å²) >= 11 is 0. The number of ether oxygens (including phenoxy) is 3. The van der Waals surface area contributed by atoms with E-state index in [1.165, 1.54) is 109 Å². The second-order valence-electron chi connectivity index (χ2n) is 19.1. The minimum Gasteiger partial charge on any atom is -0.462 e. The van der Waals surface area contributed by atoms with Crippen molar-refractivity contribution in [1.29, 1.82) is 0 Å². The molecule has 1 unspecified atom stereocenters. The van der Waals surface area contributed by atoms with Crippen LogP contribution in [0.5, 0.6) is 0 Å². The summed E-state index contributed by atoms with van der Waals surface area (Å²) in [6.45, 7) is 6.40. The van der Waals surface area contributed by atoms with Crippen LogP contribution in [-0.2, 0) is 28.6 Å². The number of allylic oxidation sites excluding steroid dienone is 16. The van der Waals surface area contributed by atoms with Gasteiger partial charge in [0.25, 0.3) is 0 Å². The summed E-state index contributed by atoms with van der Waals surface area (Å²) in [5, 5.41) is 0. The Kier molecular flexibility index (Phi) is 54.9. The molecule has 0 bridgehead atoms. The Hall–Kier alpha value is -3.67. The van der Waals surface area contributed by atoms with E-state index in [-0.39, 0.29) is 31.1 Å². The molecule has 0 radical (unpaired) electrons. The zero-order valence-corrected chi connectivity index (χ0v) is 45.8. The van der Waals surface area contributed by atoms with Crippen LogP contribution in [0.25, 0.3) is 0 Å². The number of unbranched alkanes of at least 4 members (excludes halogenated alkanes) is 25. The van der Waals surface area contributed by atoms with Crippen molar-refractivity contribution in [3.05, 3.63) is 97.2 Å². The molecule has 0 N–H and O–H groups in total. The molecule has 0 aromatic rings. The first kappa shape index (κ1) is 66.3. The lowest BCUT2D eigenvalue weighted by atomic mass is 10.0. The summed E-state index contributed by atoms with van der Waals surface area (Å²) in [6.07, 6.45) is 76.8. The fraction of sp³-hybridized carbons (Fsp3) is 0.703. The Balaban J connectivity index is 4.36. The topological polar surface area (TPSA) is 78.9 Å². The average Bonchev–Trinajstić information content (AvgIpc) is 3.36. The third-order valence-corrected chi connectivity index (χ3v) is 12.3. The number of hydrogen-bond donors (Lipinski definition) is 0. The van der Waals surface area contributed by atoms with Gasteiger partial charge < -0.3 is 14.2 Å². The van der Waals surface area contributed by atoms with Gasteiger partial charge in [0.05, 0.1) is 0 Å². The lowest BCUT2D eigenvalue weighted by Gasteiger charge is -2.18. The predicted molar refractivity (Wildman–Crippen MR) is 302 cm³/mol. The molecule has 6 nitrogen and oxygen atoms in total. The number of hydrogen-bond acceptors (Lipinski definition) is 6. The zero-order valence-electron chi connectivity index (χ0n) is 45.8. The molecule has 70 heavy (non-hydrogen) atoms. The quantitative estimate of drug-likeness (QED) is 0.0262. The lowest BCUT2D eigenvalue weighted by molar-refractivity contribution is -0.167. The Morgan fingerprint density at radius 3 is 0.871 bits per heavy atom. The van der Waals surface area contributed by atoms with E-state index < -0.39 is 6.10 Å². The molecule has 0 spiro atoms. The molecule has 400 valence electrons. The van der Waals surface area contributed by atoms with E-state index in [1.54, 1.807) is 0 Å². The number of rotatable bonds is 52. The van der Waals surface area contributed by atoms with Crippen molar-refractivity contribution in [2.75, 3.05) is 13.2 Å². The van der Waals surface area contributed by atoms with Crippen molar-refractivity contribution < 1.29 is 28.6 Å². The van der Waals surface area contributed by atoms with Crippen molar-refractivity contribution in [1.82, 2.24) is 0 Å². The average molecular weight is 974 g/mol. The maximum atomic E-state index is 12.9. The highest BCUT2D eigenvalue weighted by atomic mass is 16.6. The zero-order chi connectivity index (χ0) is 50.7. The molecule has 1 atom stereocenters. The fourth-order valence-electron chi connectivity index (χ4n) is 8.01. The van der Waals surface area contributed by atoms with Gasteiger partial charge in [-0.2, -0.15) is 0 Å². The summed E-state index contributed by atoms with van der Waals surface area (Å²) in [4.78, 5) is 38.2. The summed E-state index contributed by atoms with van der Waals surface area (Å²) < 4.78 is 16.9. The molecule has 0 fully saturated rings. The monoisotopic (exact) mass is 973 g/mol. The Morgan fingerprint density at radius 1 is 0.300 bits per heavy atom. The third kappa shape index (κ3) is 55.3. The maximum Gasteiger partial charge on any atom is 0.306 e. The van der Waals surface area contributed by atoms with Gasteiger partial charge in [-0.3, -0.25) is 14.4 Å². The van der Waals surface area contributed by atoms with Gasteiger partial charge in [-0.05, 0) is 96.3 Å². The van der Waals surface area contributed by atoms with Crippen LogP contribution in [0.1, 0.15) is 271 Å². The van der Waals surface area contributed by atoms with Crippen LogP contribution < -0.4 is 0 Å². The fourth-order valence-corrected chi connectivity index (χ4v) is 8.01. The molecular weight excluding hydrogens is 865 g/mol. The van der Waals surface area contributed by atoms with E-state index in [9.17, 15) is 14.4 Å². The molecule has 0 rings (SSSR count). The molecule has 0 saturated carbocycles. The molecule has 0 aliphatic carbocycles. The number of carbonyl (C=O) groups is 3. The van der Waals surface area contributed by atoms with Gasteiger partial charge in [0.15, 0.2) is 6.10 Å². The van der Waals surface area contributed by atoms with Gasteiger partial charge in [-0.25, -0.2) is 0 Å². The van der Waals surface area contributed by atoms with Crippen molar-refractivity contribution in [2.24, 2.45) is 0 Å². The SMILES string of the molecule is CC/C=C\C/C=C\C/C=C\C/C=C\CCCCCCCCCCCCC(=O)OCC(COC(=O)CCCCCCCCCCCCCC)OC(=O)CCCCCC/C=C\C/C=C\C/C=C\C/C=C\CC. The van der Waals surface area contributed by atoms with Crippen LogP contribution in [0.15, 0.2) is 97.2 Å². The van der Waals surface area contributed by atoms with Crippen LogP contribution in [0.2, 0.25) is 0 Å². The van der Waals surface area contributed by atoms with Crippen LogP contribution in [-0.4, -0.2) is 37.2 Å². The smallest absolute Gasteiger partial charge is 0.306 e. The normalized spacial score (nSPS) is 12.8. The molecule has 0 aliphatic rings. The Labute approximate surface area is 432 Å². The van der Waals surface area contributed by atoms with E-state index in [2.05, 4.69) is 118 Å². The van der Waals surface area contributed by atoms with Crippen molar-refractivity contribution in [3.63, 3.8) is 0 Å². The van der Waals surface area contributed by atoms with E-state index in [4.69, 9.17) is 14.2 Å². The largest absolute Gasteiger partial charge is 0.462 e. The highest BCUT2D eigenvalue weighted by Crippen LogP contribution is 2.15. The molecule has 6 heteroatoms. The van der Waals surface area contributed by atoms with Crippen LogP contribution in [0.4, 0.5) is 0 Å². The Morgan fingerprint density at radius 2 is 0.557 bits per heavy atom. The van der Waals surface area contributed by atoms with E-state index in [0.717, 1.165) is 122 Å². The van der Waals surface area contributed by atoms with Gasteiger partial charge in [0.1, 0.15) is 13.2 Å². The van der Waals surface area contributed by atoms with Crippen LogP contribution >= 0.6 is 0 Å². The van der Waals surface area contributed by atoms with E-state index in [0.29, 0.717) is 19.3 Å².